The summed E-state index contributed by atoms with van der Waals surface area (Å²) >= 11 is 0. The van der Waals surface area contributed by atoms with Crippen molar-refractivity contribution in [1.29, 1.82) is 0 Å². The molecule has 70 valence electrons. The third-order valence-electron chi connectivity index (χ3n) is 1.08. The van der Waals surface area contributed by atoms with Gasteiger partial charge in [-0.15, -0.1) is 6.20 Å². The molecule has 0 unspecified atom stereocenters. The maximum atomic E-state index is 11.0. The summed E-state index contributed by atoms with van der Waals surface area (Å²) in [5.41, 5.74) is 0.300. The Kier molecular flexibility index (Phi) is 8.92. The van der Waals surface area contributed by atoms with E-state index in [0.29, 0.717) is 12.2 Å². The fraction of sp³-hybridized carbons (Fsp3) is 0.250. The van der Waals surface area contributed by atoms with Crippen LogP contribution in [0.4, 0.5) is 0 Å². The zero-order chi connectivity index (χ0) is 8.10. The predicted molar refractivity (Wildman–Crippen MR) is 45.3 cm³/mol. The average molecular weight is 349 g/mol. The van der Waals surface area contributed by atoms with Crippen molar-refractivity contribution >= 4 is 5.91 Å². The molecule has 1 aromatic rings. The summed E-state index contributed by atoms with van der Waals surface area (Å²) in [6, 6.07) is 0. The molecular weight excluding hydrogens is 338 g/mol. The van der Waals surface area contributed by atoms with Gasteiger partial charge in [-0.1, -0.05) is 0 Å². The number of hydrogen-bond acceptors (Lipinski definition) is 3. The average Bonchev–Trinajstić information content (AvgIpc) is 2.07. The van der Waals surface area contributed by atoms with Gasteiger partial charge in [0.05, 0.1) is 0 Å². The van der Waals surface area contributed by atoms with E-state index in [9.17, 15) is 4.79 Å². The Bertz CT molecular complexity index is 240. The third-order valence-corrected chi connectivity index (χ3v) is 1.08. The van der Waals surface area contributed by atoms with Gasteiger partial charge in [-0.25, -0.2) is 0 Å². The number of amides is 1. The van der Waals surface area contributed by atoms with Crippen LogP contribution in [0, 0.1) is 13.6 Å². The summed E-state index contributed by atoms with van der Waals surface area (Å²) in [6.07, 6.45) is 5.29. The van der Waals surface area contributed by atoms with E-state index in [-0.39, 0.29) is 34.4 Å². The molecule has 1 heterocycles. The van der Waals surface area contributed by atoms with Crippen LogP contribution < -0.4 is 5.32 Å². The maximum absolute atomic E-state index is 11.0. The molecule has 1 amide bonds. The summed E-state index contributed by atoms with van der Waals surface area (Å²) in [7, 11) is 0. The molecule has 0 aliphatic carbocycles. The molecule has 1 aromatic heterocycles. The normalized spacial score (nSPS) is 7.77. The number of nitrogens with one attached hydrogen (secondary N) is 1. The van der Waals surface area contributed by atoms with E-state index in [1.807, 2.05) is 6.92 Å². The Morgan fingerprint density at radius 3 is 2.85 bits per heavy atom. The van der Waals surface area contributed by atoms with Crippen LogP contribution in [0.25, 0.3) is 0 Å². The van der Waals surface area contributed by atoms with Gasteiger partial charge in [0.25, 0.3) is 0 Å². The number of carbonyl (C=O) groups is 1. The number of rotatable bonds is 2. The molecule has 0 radical (unpaired) electrons. The van der Waals surface area contributed by atoms with Crippen molar-refractivity contribution < 1.29 is 25.9 Å². The van der Waals surface area contributed by atoms with Crippen molar-refractivity contribution in [2.75, 3.05) is 6.54 Å². The first-order chi connectivity index (χ1) is 5.34. The van der Waals surface area contributed by atoms with Crippen LogP contribution in [0.2, 0.25) is 0 Å². The Balaban J connectivity index is 0. The molecule has 5 heteroatoms. The van der Waals surface area contributed by atoms with Gasteiger partial charge in [-0.05, 0) is 25.0 Å². The van der Waals surface area contributed by atoms with Gasteiger partial charge in [0.15, 0.2) is 5.91 Å². The van der Waals surface area contributed by atoms with Crippen molar-refractivity contribution in [3.05, 3.63) is 31.7 Å². The molecule has 0 bridgehead atoms. The van der Waals surface area contributed by atoms with E-state index in [1.54, 1.807) is 0 Å². The van der Waals surface area contributed by atoms with Gasteiger partial charge in [-0.2, -0.15) is 0 Å². The molecule has 0 fully saturated rings. The van der Waals surface area contributed by atoms with E-state index >= 15 is 0 Å². The molecule has 1 N–H and O–H groups in total. The van der Waals surface area contributed by atoms with Crippen LogP contribution in [-0.4, -0.2) is 22.4 Å². The second-order valence-electron chi connectivity index (χ2n) is 1.89. The van der Waals surface area contributed by atoms with Crippen LogP contribution in [0.3, 0.4) is 0 Å². The number of carbonyl (C=O) groups excluding carboxylic acids is 1. The van der Waals surface area contributed by atoms with Crippen molar-refractivity contribution in [3.63, 3.8) is 0 Å². The summed E-state index contributed by atoms with van der Waals surface area (Å²) < 4.78 is 0. The van der Waals surface area contributed by atoms with Gasteiger partial charge in [0.2, 0.25) is 0 Å². The Morgan fingerprint density at radius 2 is 2.38 bits per heavy atom. The molecule has 0 aliphatic rings. The molecule has 0 saturated heterocycles. The zero-order valence-corrected chi connectivity index (χ0v) is 10.5. The van der Waals surface area contributed by atoms with E-state index in [2.05, 4.69) is 21.5 Å². The molecule has 0 aromatic carbocycles. The number of nitrogens with zero attached hydrogens (tertiary/aromatic N) is 2. The maximum Gasteiger partial charge on any atom is 2.00 e. The largest absolute Gasteiger partial charge is 2.00 e. The molecule has 1 rings (SSSR count). The Labute approximate surface area is 92.4 Å². The molecule has 0 spiro atoms. The fourth-order valence-electron chi connectivity index (χ4n) is 0.629. The van der Waals surface area contributed by atoms with Crippen LogP contribution in [0.1, 0.15) is 17.4 Å². The van der Waals surface area contributed by atoms with E-state index in [4.69, 9.17) is 0 Å². The standard InChI is InChI=1S/C7H8N3O.CH3.W/c1-2-9-7(11)6-5-8-3-4-10-6;;/h3,5H,2H2,1H3,(H,9,11);1H3;/q2*-1;+2. The third kappa shape index (κ3) is 4.73. The SMILES string of the molecule is CCNC(=O)c1cnc[c-]n1.[CH3-].[W+2]. The van der Waals surface area contributed by atoms with Gasteiger partial charge < -0.3 is 22.7 Å². The molecule has 0 atom stereocenters. The van der Waals surface area contributed by atoms with Crippen LogP contribution in [-0.2, 0) is 21.1 Å². The quantitative estimate of drug-likeness (QED) is 0.791. The number of hydrogen-bond donors (Lipinski definition) is 1. The minimum Gasteiger partial charge on any atom is -0.445 e. The van der Waals surface area contributed by atoms with Gasteiger partial charge >= 0.3 is 21.1 Å². The number of aromatic nitrogens is 2. The van der Waals surface area contributed by atoms with Crippen LogP contribution in [0.5, 0.6) is 0 Å². The van der Waals surface area contributed by atoms with Gasteiger partial charge in [0, 0.05) is 6.54 Å². The van der Waals surface area contributed by atoms with Crippen LogP contribution >= 0.6 is 0 Å². The Morgan fingerprint density at radius 1 is 1.69 bits per heavy atom. The predicted octanol–water partition coefficient (Wildman–Crippen LogP) is 0.474. The zero-order valence-electron chi connectivity index (χ0n) is 7.57. The summed E-state index contributed by atoms with van der Waals surface area (Å²) in [4.78, 5) is 18.4. The minimum atomic E-state index is -0.211. The van der Waals surface area contributed by atoms with Crippen molar-refractivity contribution in [1.82, 2.24) is 15.3 Å². The molecule has 0 aliphatic heterocycles. The van der Waals surface area contributed by atoms with Crippen LogP contribution in [0.15, 0.2) is 12.4 Å². The summed E-state index contributed by atoms with van der Waals surface area (Å²) in [5, 5.41) is 2.60. The minimum absolute atomic E-state index is 0. The van der Waals surface area contributed by atoms with Crippen molar-refractivity contribution in [2.24, 2.45) is 0 Å². The fourth-order valence-corrected chi connectivity index (χ4v) is 0.629. The van der Waals surface area contributed by atoms with Crippen molar-refractivity contribution in [2.45, 2.75) is 6.92 Å². The second-order valence-corrected chi connectivity index (χ2v) is 1.89. The monoisotopic (exact) mass is 349 g/mol. The van der Waals surface area contributed by atoms with E-state index in [1.165, 1.54) is 12.4 Å². The van der Waals surface area contributed by atoms with Crippen molar-refractivity contribution in [3.8, 4) is 0 Å². The van der Waals surface area contributed by atoms with E-state index < -0.39 is 0 Å². The van der Waals surface area contributed by atoms with E-state index in [0.717, 1.165) is 0 Å². The molecule has 4 nitrogen and oxygen atoms in total. The topological polar surface area (TPSA) is 54.9 Å². The Hall–Kier alpha value is -0.762. The summed E-state index contributed by atoms with van der Waals surface area (Å²) in [6.45, 7) is 2.44. The summed E-state index contributed by atoms with van der Waals surface area (Å²) in [5.74, 6) is -0.211. The first-order valence-electron chi connectivity index (χ1n) is 3.31. The first kappa shape index (κ1) is 14.7. The smallest absolute Gasteiger partial charge is 0.445 e. The molecule has 0 saturated carbocycles. The first-order valence-corrected chi connectivity index (χ1v) is 3.31. The van der Waals surface area contributed by atoms with Gasteiger partial charge in [-0.3, -0.25) is 4.79 Å². The molecular formula is C8H11N3OW. The molecule has 13 heavy (non-hydrogen) atoms. The second kappa shape index (κ2) is 7.87. The van der Waals surface area contributed by atoms with Gasteiger partial charge in [0.1, 0.15) is 0 Å².